The van der Waals surface area contributed by atoms with Gasteiger partial charge in [0.15, 0.2) is 0 Å². The monoisotopic (exact) mass is 392 g/mol. The van der Waals surface area contributed by atoms with Crippen LogP contribution < -0.4 is 0 Å². The van der Waals surface area contributed by atoms with E-state index in [4.69, 9.17) is 24.9 Å². The predicted octanol–water partition coefficient (Wildman–Crippen LogP) is 2.78. The van der Waals surface area contributed by atoms with Crippen LogP contribution in [0.1, 0.15) is 38.3 Å². The lowest BCUT2D eigenvalue weighted by Gasteiger charge is -2.09. The summed E-state index contributed by atoms with van der Waals surface area (Å²) in [6, 6.07) is 10.6. The molecule has 2 rings (SSSR count). The molecule has 150 valence electrons. The summed E-state index contributed by atoms with van der Waals surface area (Å²) in [5, 5.41) is 26.9. The molecule has 2 aromatic carbocycles. The van der Waals surface area contributed by atoms with Crippen LogP contribution in [-0.4, -0.2) is 40.6 Å². The van der Waals surface area contributed by atoms with E-state index in [1.54, 1.807) is 18.2 Å². The Hall–Kier alpha value is -2.98. The molecule has 0 saturated heterocycles. The first-order chi connectivity index (χ1) is 13.5. The van der Waals surface area contributed by atoms with Crippen LogP contribution in [0.25, 0.3) is 0 Å². The molecular weight excluding hydrogens is 372 g/mol. The molecule has 0 heterocycles. The van der Waals surface area contributed by atoms with E-state index < -0.39 is 11.9 Å². The molecule has 0 aliphatic carbocycles. The Morgan fingerprint density at radius 3 is 2.29 bits per heavy atom. The van der Waals surface area contributed by atoms with Crippen molar-refractivity contribution in [3.63, 3.8) is 0 Å². The maximum absolute atomic E-state index is 12.0. The molecule has 0 aliphatic heterocycles. The topological polar surface area (TPSA) is 132 Å². The quantitative estimate of drug-likeness (QED) is 0.228. The van der Waals surface area contributed by atoms with Crippen LogP contribution in [0.3, 0.4) is 0 Å². The smallest absolute Gasteiger partial charge is 0.339 e. The van der Waals surface area contributed by atoms with Crippen molar-refractivity contribution in [2.24, 2.45) is 0 Å². The second-order valence-corrected chi connectivity index (χ2v) is 5.65. The van der Waals surface area contributed by atoms with Crippen molar-refractivity contribution >= 4 is 11.9 Å². The van der Waals surface area contributed by atoms with Gasteiger partial charge in [0.05, 0.1) is 24.3 Å². The molecule has 0 aliphatic rings. The summed E-state index contributed by atoms with van der Waals surface area (Å²) in [4.78, 5) is 37.3. The highest BCUT2D eigenvalue weighted by molar-refractivity contribution is 6.02. The predicted molar refractivity (Wildman–Crippen MR) is 94.6 cm³/mol. The third-order valence-electron chi connectivity index (χ3n) is 3.69. The standard InChI is InChI=1S/C19H20O9/c20-15-6-7-16(17(10-15)18(21)22)19(23)25-8-3-9-27-28-12-14-5-2-1-4-13(14)11-26-24/h1-2,4-7,10,20,24H,3,8-9,11-12H2,(H,21,22). The van der Waals surface area contributed by atoms with Gasteiger partial charge in [-0.1, -0.05) is 24.3 Å². The lowest BCUT2D eigenvalue weighted by Crippen LogP contribution is -2.13. The second kappa shape index (κ2) is 11.0. The zero-order valence-electron chi connectivity index (χ0n) is 14.9. The van der Waals surface area contributed by atoms with Gasteiger partial charge < -0.3 is 14.9 Å². The molecule has 3 N–H and O–H groups in total. The number of carbonyl (C=O) groups is 2. The van der Waals surface area contributed by atoms with Crippen LogP contribution in [-0.2, 0) is 32.6 Å². The highest BCUT2D eigenvalue weighted by Gasteiger charge is 2.18. The Labute approximate surface area is 160 Å². The molecule has 0 spiro atoms. The summed E-state index contributed by atoms with van der Waals surface area (Å²) in [6.45, 7) is 0.324. The Morgan fingerprint density at radius 2 is 1.61 bits per heavy atom. The third kappa shape index (κ3) is 6.32. The maximum Gasteiger partial charge on any atom is 0.339 e. The van der Waals surface area contributed by atoms with Gasteiger partial charge in [-0.05, 0) is 29.3 Å². The van der Waals surface area contributed by atoms with Crippen LogP contribution in [0, 0.1) is 0 Å². The van der Waals surface area contributed by atoms with Crippen molar-refractivity contribution in [1.82, 2.24) is 0 Å². The molecule has 0 amide bonds. The fourth-order valence-corrected chi connectivity index (χ4v) is 2.32. The van der Waals surface area contributed by atoms with Crippen molar-refractivity contribution < 1.29 is 44.5 Å². The van der Waals surface area contributed by atoms with Crippen LogP contribution >= 0.6 is 0 Å². The number of hydrogen-bond acceptors (Lipinski definition) is 8. The van der Waals surface area contributed by atoms with Gasteiger partial charge in [-0.25, -0.2) is 24.3 Å². The summed E-state index contributed by atoms with van der Waals surface area (Å²) in [7, 11) is 0. The van der Waals surface area contributed by atoms with Crippen LogP contribution in [0.15, 0.2) is 42.5 Å². The van der Waals surface area contributed by atoms with Gasteiger partial charge in [-0.2, -0.15) is 0 Å². The molecule has 0 unspecified atom stereocenters. The zero-order valence-corrected chi connectivity index (χ0v) is 14.9. The third-order valence-corrected chi connectivity index (χ3v) is 3.69. The van der Waals surface area contributed by atoms with E-state index in [0.717, 1.165) is 17.2 Å². The number of carboxylic acid groups (broad SMARTS) is 1. The van der Waals surface area contributed by atoms with Crippen molar-refractivity contribution in [3.8, 4) is 5.75 Å². The molecule has 9 nitrogen and oxygen atoms in total. The molecule has 0 atom stereocenters. The van der Waals surface area contributed by atoms with Gasteiger partial charge in [0.1, 0.15) is 19.0 Å². The number of phenolic OH excluding ortho intramolecular Hbond substituents is 1. The first-order valence-electron chi connectivity index (χ1n) is 8.34. The molecule has 0 fully saturated rings. The van der Waals surface area contributed by atoms with Crippen LogP contribution in [0.4, 0.5) is 0 Å². The average Bonchev–Trinajstić information content (AvgIpc) is 2.68. The molecule has 0 saturated carbocycles. The minimum atomic E-state index is -1.34. The molecule has 2 aromatic rings. The Kier molecular flexibility index (Phi) is 8.37. The Bertz CT molecular complexity index is 804. The lowest BCUT2D eigenvalue weighted by molar-refractivity contribution is -0.305. The number of phenols is 1. The Morgan fingerprint density at radius 1 is 0.893 bits per heavy atom. The van der Waals surface area contributed by atoms with Gasteiger partial charge in [0, 0.05) is 6.42 Å². The van der Waals surface area contributed by atoms with E-state index in [2.05, 4.69) is 4.89 Å². The number of hydrogen-bond donors (Lipinski definition) is 3. The van der Waals surface area contributed by atoms with Crippen molar-refractivity contribution in [3.05, 3.63) is 64.7 Å². The maximum atomic E-state index is 12.0. The van der Waals surface area contributed by atoms with Crippen molar-refractivity contribution in [1.29, 1.82) is 0 Å². The Balaban J connectivity index is 1.70. The van der Waals surface area contributed by atoms with Gasteiger partial charge in [0.2, 0.25) is 0 Å². The van der Waals surface area contributed by atoms with E-state index >= 15 is 0 Å². The average molecular weight is 392 g/mol. The van der Waals surface area contributed by atoms with E-state index in [1.165, 1.54) is 12.1 Å². The van der Waals surface area contributed by atoms with Gasteiger partial charge in [-0.3, -0.25) is 5.26 Å². The highest BCUT2D eigenvalue weighted by Crippen LogP contribution is 2.18. The summed E-state index contributed by atoms with van der Waals surface area (Å²) in [5.74, 6) is -2.41. The summed E-state index contributed by atoms with van der Waals surface area (Å²) < 4.78 is 5.01. The van der Waals surface area contributed by atoms with Gasteiger partial charge >= 0.3 is 11.9 Å². The number of ether oxygens (including phenoxy) is 1. The van der Waals surface area contributed by atoms with Crippen LogP contribution in [0.5, 0.6) is 5.75 Å². The van der Waals surface area contributed by atoms with E-state index in [0.29, 0.717) is 6.42 Å². The van der Waals surface area contributed by atoms with E-state index in [1.807, 2.05) is 6.07 Å². The minimum absolute atomic E-state index is 0.00291. The molecule has 0 bridgehead atoms. The lowest BCUT2D eigenvalue weighted by atomic mass is 10.1. The number of aromatic hydroxyl groups is 1. The summed E-state index contributed by atoms with van der Waals surface area (Å²) in [6.07, 6.45) is 0.327. The first kappa shape index (κ1) is 21.3. The van der Waals surface area contributed by atoms with Crippen molar-refractivity contribution in [2.75, 3.05) is 13.2 Å². The highest BCUT2D eigenvalue weighted by atomic mass is 17.2. The SMILES string of the molecule is O=C(O)c1cc(O)ccc1C(=O)OCCCOOCc1ccccc1COO. The number of esters is 1. The zero-order chi connectivity index (χ0) is 20.4. The second-order valence-electron chi connectivity index (χ2n) is 5.65. The number of carboxylic acids is 1. The molecule has 28 heavy (non-hydrogen) atoms. The molecule has 0 radical (unpaired) electrons. The number of benzene rings is 2. The van der Waals surface area contributed by atoms with Gasteiger partial charge in [-0.15, -0.1) is 0 Å². The van der Waals surface area contributed by atoms with Gasteiger partial charge in [0.25, 0.3) is 0 Å². The molecule has 9 heteroatoms. The fraction of sp³-hybridized carbons (Fsp3) is 0.263. The normalized spacial score (nSPS) is 10.6. The van der Waals surface area contributed by atoms with Crippen LogP contribution in [0.2, 0.25) is 0 Å². The fourth-order valence-electron chi connectivity index (χ4n) is 2.32. The largest absolute Gasteiger partial charge is 0.508 e. The molecular formula is C19H20O9. The van der Waals surface area contributed by atoms with Crippen molar-refractivity contribution in [2.45, 2.75) is 19.6 Å². The number of rotatable bonds is 11. The minimum Gasteiger partial charge on any atom is -0.508 e. The summed E-state index contributed by atoms with van der Waals surface area (Å²) >= 11 is 0. The number of carbonyl (C=O) groups excluding carboxylic acids is 1. The number of aromatic carboxylic acids is 1. The first-order valence-corrected chi connectivity index (χ1v) is 8.34. The van der Waals surface area contributed by atoms with E-state index in [9.17, 15) is 14.7 Å². The molecule has 0 aromatic heterocycles. The summed E-state index contributed by atoms with van der Waals surface area (Å²) in [5.41, 5.74) is 1.06. The van der Waals surface area contributed by atoms with E-state index in [-0.39, 0.29) is 43.3 Å².